The molecule has 0 unspecified atom stereocenters. The highest BCUT2D eigenvalue weighted by molar-refractivity contribution is 6.11. The van der Waals surface area contributed by atoms with Gasteiger partial charge >= 0.3 is 0 Å². The quantitative estimate of drug-likeness (QED) is 0.236. The molecule has 10 heteroatoms. The molecular weight excluding hydrogens is 612 g/mol. The van der Waals surface area contributed by atoms with Gasteiger partial charge in [0, 0.05) is 7.05 Å². The summed E-state index contributed by atoms with van der Waals surface area (Å²) in [6.45, 7) is 5.07. The first-order valence-corrected chi connectivity index (χ1v) is 18.0. The van der Waals surface area contributed by atoms with Gasteiger partial charge in [0.15, 0.2) is 11.6 Å². The van der Waals surface area contributed by atoms with E-state index in [0.29, 0.717) is 36.3 Å². The van der Waals surface area contributed by atoms with E-state index in [2.05, 4.69) is 24.4 Å². The number of hydrogen-bond acceptors (Lipinski definition) is 6. The molecule has 2 aromatic heterocycles. The smallest absolute Gasteiger partial charge is 0.259 e. The minimum absolute atomic E-state index is 0.0331. The summed E-state index contributed by atoms with van der Waals surface area (Å²) in [6.07, 6.45) is 10.9. The lowest BCUT2D eigenvalue weighted by Crippen LogP contribution is -2.31. The summed E-state index contributed by atoms with van der Waals surface area (Å²) in [6, 6.07) is 20.9. The Labute approximate surface area is 288 Å². The predicted molar refractivity (Wildman–Crippen MR) is 193 cm³/mol. The van der Waals surface area contributed by atoms with Gasteiger partial charge < -0.3 is 10.2 Å². The SMILES string of the molecule is CCc1nn(C2CCCC2)c2c1C(=O)N(C)CC(c1ccccc1)=N2.CCc1nn(C2CCCC2)c2c1C(=O)NCC(c1ccccc1)=N2. The zero-order valence-corrected chi connectivity index (χ0v) is 28.9. The van der Waals surface area contributed by atoms with Crippen LogP contribution >= 0.6 is 0 Å². The van der Waals surface area contributed by atoms with Crippen molar-refractivity contribution in [1.29, 1.82) is 0 Å². The summed E-state index contributed by atoms with van der Waals surface area (Å²) in [5.41, 5.74) is 7.01. The van der Waals surface area contributed by atoms with Gasteiger partial charge in [-0.05, 0) is 49.7 Å². The molecule has 0 bridgehead atoms. The Morgan fingerprint density at radius 1 is 0.673 bits per heavy atom. The van der Waals surface area contributed by atoms with Crippen LogP contribution in [0.4, 0.5) is 11.6 Å². The summed E-state index contributed by atoms with van der Waals surface area (Å²) >= 11 is 0. The van der Waals surface area contributed by atoms with Gasteiger partial charge in [0.2, 0.25) is 0 Å². The van der Waals surface area contributed by atoms with E-state index < -0.39 is 0 Å². The maximum atomic E-state index is 13.0. The second kappa shape index (κ2) is 14.3. The average Bonchev–Trinajstić information content (AvgIpc) is 3.95. The van der Waals surface area contributed by atoms with Gasteiger partial charge in [-0.25, -0.2) is 19.3 Å². The molecule has 1 N–H and O–H groups in total. The van der Waals surface area contributed by atoms with E-state index in [4.69, 9.17) is 20.2 Å². The molecule has 2 aromatic carbocycles. The fraction of sp³-hybridized carbons (Fsp3) is 0.436. The number of nitrogens with zero attached hydrogens (tertiary/aromatic N) is 7. The van der Waals surface area contributed by atoms with Crippen LogP contribution < -0.4 is 5.32 Å². The van der Waals surface area contributed by atoms with E-state index >= 15 is 0 Å². The molecule has 4 aromatic rings. The van der Waals surface area contributed by atoms with Gasteiger partial charge in [0.1, 0.15) is 11.1 Å². The molecule has 254 valence electrons. The standard InChI is InChI=1S/C20H24N4O.C19H22N4O/c1-3-16-18-19(24(22-16)15-11-7-8-12-15)21-17(13-23(2)20(18)25)14-9-5-4-6-10-14;1-2-15-17-18(23(22-15)14-10-6-7-11-14)21-16(12-20-19(17)24)13-8-4-3-5-9-13/h4-6,9-10,15H,3,7-8,11-13H2,1-2H3;3-5,8-9,14H,2,6-7,10-12H2,1H3,(H,20,24). The van der Waals surface area contributed by atoms with Crippen LogP contribution in [-0.4, -0.2) is 67.8 Å². The van der Waals surface area contributed by atoms with Crippen LogP contribution in [0.5, 0.6) is 0 Å². The lowest BCUT2D eigenvalue weighted by Gasteiger charge is -2.15. The third-order valence-corrected chi connectivity index (χ3v) is 10.2. The number of fused-ring (bicyclic) bond motifs is 2. The Morgan fingerprint density at radius 3 is 1.67 bits per heavy atom. The summed E-state index contributed by atoms with van der Waals surface area (Å²) in [5.74, 6) is 1.48. The van der Waals surface area contributed by atoms with Crippen LogP contribution in [0, 0.1) is 0 Å². The highest BCUT2D eigenvalue weighted by Crippen LogP contribution is 2.38. The lowest BCUT2D eigenvalue weighted by atomic mass is 10.1. The first-order chi connectivity index (χ1) is 24.0. The number of amides is 2. The molecule has 0 spiro atoms. The molecule has 4 aliphatic rings. The highest BCUT2D eigenvalue weighted by atomic mass is 16.2. The van der Waals surface area contributed by atoms with Gasteiger partial charge in [-0.3, -0.25) is 9.59 Å². The first kappa shape index (κ1) is 32.7. The second-order valence-electron chi connectivity index (χ2n) is 13.5. The average molecular weight is 659 g/mol. The topological polar surface area (TPSA) is 110 Å². The summed E-state index contributed by atoms with van der Waals surface area (Å²) in [5, 5.41) is 12.6. The number of carbonyl (C=O) groups excluding carboxylic acids is 2. The Kier molecular flexibility index (Phi) is 9.55. The number of hydrogen-bond donors (Lipinski definition) is 1. The number of aliphatic imine (C=N–C) groups is 2. The minimum Gasteiger partial charge on any atom is -0.346 e. The number of carbonyl (C=O) groups is 2. The molecule has 4 heterocycles. The Morgan fingerprint density at radius 2 is 1.14 bits per heavy atom. The van der Waals surface area contributed by atoms with Crippen molar-refractivity contribution in [1.82, 2.24) is 29.8 Å². The number of likely N-dealkylation sites (N-methyl/N-ethyl adjacent to an activating group) is 1. The fourth-order valence-corrected chi connectivity index (χ4v) is 7.56. The number of benzene rings is 2. The molecule has 0 atom stereocenters. The molecule has 2 amide bonds. The predicted octanol–water partition coefficient (Wildman–Crippen LogP) is 7.19. The Hall–Kier alpha value is -4.86. The van der Waals surface area contributed by atoms with Crippen molar-refractivity contribution in [2.75, 3.05) is 20.1 Å². The largest absolute Gasteiger partial charge is 0.346 e. The van der Waals surface area contributed by atoms with Crippen molar-refractivity contribution in [3.05, 3.63) is 94.3 Å². The normalized spacial score (nSPS) is 18.1. The Balaban J connectivity index is 0.000000154. The van der Waals surface area contributed by atoms with Crippen molar-refractivity contribution in [2.45, 2.75) is 90.1 Å². The van der Waals surface area contributed by atoms with Crippen molar-refractivity contribution in [2.24, 2.45) is 9.98 Å². The lowest BCUT2D eigenvalue weighted by molar-refractivity contribution is 0.0816. The highest BCUT2D eigenvalue weighted by Gasteiger charge is 2.33. The third-order valence-electron chi connectivity index (χ3n) is 10.2. The first-order valence-electron chi connectivity index (χ1n) is 18.0. The van der Waals surface area contributed by atoms with Crippen LogP contribution in [-0.2, 0) is 12.8 Å². The number of aromatic nitrogens is 4. The molecule has 49 heavy (non-hydrogen) atoms. The number of aryl methyl sites for hydroxylation is 2. The van der Waals surface area contributed by atoms with Crippen LogP contribution in [0.3, 0.4) is 0 Å². The van der Waals surface area contributed by atoms with Gasteiger partial charge in [-0.15, -0.1) is 0 Å². The fourth-order valence-electron chi connectivity index (χ4n) is 7.56. The molecule has 2 aliphatic carbocycles. The summed E-state index contributed by atoms with van der Waals surface area (Å²) in [4.78, 5) is 37.3. The second-order valence-corrected chi connectivity index (χ2v) is 13.5. The van der Waals surface area contributed by atoms with Crippen molar-refractivity contribution >= 4 is 34.9 Å². The van der Waals surface area contributed by atoms with E-state index in [1.54, 1.807) is 4.90 Å². The van der Waals surface area contributed by atoms with Crippen molar-refractivity contribution in [3.8, 4) is 0 Å². The molecule has 0 saturated heterocycles. The molecule has 8 rings (SSSR count). The van der Waals surface area contributed by atoms with Crippen LogP contribution in [0.2, 0.25) is 0 Å². The maximum Gasteiger partial charge on any atom is 0.259 e. The van der Waals surface area contributed by atoms with Gasteiger partial charge in [-0.2, -0.15) is 10.2 Å². The number of rotatable bonds is 6. The van der Waals surface area contributed by atoms with Gasteiger partial charge in [-0.1, -0.05) is 100 Å². The van der Waals surface area contributed by atoms with Gasteiger partial charge in [0.25, 0.3) is 11.8 Å². The molecular formula is C39H46N8O2. The van der Waals surface area contributed by atoms with E-state index in [-0.39, 0.29) is 11.8 Å². The van der Waals surface area contributed by atoms with Crippen molar-refractivity contribution < 1.29 is 9.59 Å². The van der Waals surface area contributed by atoms with E-state index in [9.17, 15) is 9.59 Å². The van der Waals surface area contributed by atoms with E-state index in [0.717, 1.165) is 84.1 Å². The molecule has 0 radical (unpaired) electrons. The third kappa shape index (κ3) is 6.48. The van der Waals surface area contributed by atoms with E-state index in [1.807, 2.05) is 71.9 Å². The molecule has 2 fully saturated rings. The summed E-state index contributed by atoms with van der Waals surface area (Å²) < 4.78 is 4.07. The maximum absolute atomic E-state index is 13.0. The summed E-state index contributed by atoms with van der Waals surface area (Å²) in [7, 11) is 1.85. The molecule has 10 nitrogen and oxygen atoms in total. The van der Waals surface area contributed by atoms with Crippen molar-refractivity contribution in [3.63, 3.8) is 0 Å². The van der Waals surface area contributed by atoms with Crippen LogP contribution in [0.25, 0.3) is 0 Å². The zero-order chi connectivity index (χ0) is 33.9. The molecule has 2 saturated carbocycles. The molecule has 2 aliphatic heterocycles. The monoisotopic (exact) mass is 658 g/mol. The van der Waals surface area contributed by atoms with Crippen LogP contribution in [0.1, 0.15) is 121 Å². The Bertz CT molecular complexity index is 1880. The van der Waals surface area contributed by atoms with E-state index in [1.165, 1.54) is 25.7 Å². The van der Waals surface area contributed by atoms with Crippen LogP contribution in [0.15, 0.2) is 70.6 Å². The minimum atomic E-state index is -0.0548. The van der Waals surface area contributed by atoms with Gasteiger partial charge in [0.05, 0.1) is 48.0 Å². The number of nitrogens with one attached hydrogen (secondary N) is 1. The zero-order valence-electron chi connectivity index (χ0n) is 28.9.